The van der Waals surface area contributed by atoms with Gasteiger partial charge in [0.25, 0.3) is 0 Å². The van der Waals surface area contributed by atoms with Crippen LogP contribution in [0.2, 0.25) is 0 Å². The Bertz CT molecular complexity index is 851. The number of aliphatic hydroxyl groups is 2. The number of aliphatic imine (C=N–C) groups is 1. The Morgan fingerprint density at radius 1 is 1.30 bits per heavy atom. The molecule has 2 aliphatic heterocycles. The second-order valence-corrected chi connectivity index (χ2v) is 11.7. The zero-order valence-electron chi connectivity index (χ0n) is 20.6. The summed E-state index contributed by atoms with van der Waals surface area (Å²) in [5.74, 6) is -0.0737. The molecule has 0 saturated heterocycles. The van der Waals surface area contributed by atoms with Gasteiger partial charge in [-0.05, 0) is 58.8 Å². The molecule has 0 spiro atoms. The number of ketones is 1. The van der Waals surface area contributed by atoms with Crippen molar-refractivity contribution in [3.8, 4) is 0 Å². The molecule has 3 N–H and O–H groups in total. The number of Topliss-reactive ketones (excluding diaryl/α,β-unsaturated/α-hetero) is 1. The molecule has 0 aromatic carbocycles. The number of carbonyl (C=O) groups excluding carboxylic acids is 2. The summed E-state index contributed by atoms with van der Waals surface area (Å²) in [4.78, 5) is 30.7. The highest BCUT2D eigenvalue weighted by molar-refractivity contribution is 8.14. The van der Waals surface area contributed by atoms with Crippen LogP contribution in [0.25, 0.3) is 0 Å². The van der Waals surface area contributed by atoms with Crippen molar-refractivity contribution in [2.24, 2.45) is 22.2 Å². The van der Waals surface area contributed by atoms with Crippen molar-refractivity contribution in [2.45, 2.75) is 97.4 Å². The number of nitrogens with zero attached hydrogens (tertiary/aromatic N) is 1. The van der Waals surface area contributed by atoms with Gasteiger partial charge in [0.1, 0.15) is 5.78 Å². The molecule has 7 heteroatoms. The third-order valence-corrected chi connectivity index (χ3v) is 8.80. The lowest BCUT2D eigenvalue weighted by Gasteiger charge is -2.45. The molecule has 1 saturated carbocycles. The smallest absolute Gasteiger partial charge is 0.223 e. The number of aliphatic hydroxyl groups excluding tert-OH is 2. The number of nitrogens with one attached hydrogen (secondary N) is 1. The van der Waals surface area contributed by atoms with Crippen molar-refractivity contribution in [1.82, 2.24) is 5.32 Å². The lowest BCUT2D eigenvalue weighted by Crippen LogP contribution is -2.54. The number of hydrogen-bond acceptors (Lipinski definition) is 6. The molecule has 33 heavy (non-hydrogen) atoms. The van der Waals surface area contributed by atoms with E-state index >= 15 is 0 Å². The van der Waals surface area contributed by atoms with Gasteiger partial charge in [-0.3, -0.25) is 14.6 Å². The van der Waals surface area contributed by atoms with E-state index < -0.39 is 23.5 Å². The van der Waals surface area contributed by atoms with Crippen LogP contribution in [0.15, 0.2) is 28.3 Å². The third kappa shape index (κ3) is 6.17. The zero-order valence-corrected chi connectivity index (χ0v) is 21.5. The van der Waals surface area contributed by atoms with Crippen LogP contribution in [0, 0.1) is 17.3 Å². The minimum Gasteiger partial charge on any atom is -0.392 e. The van der Waals surface area contributed by atoms with E-state index in [0.29, 0.717) is 12.8 Å². The summed E-state index contributed by atoms with van der Waals surface area (Å²) in [6, 6.07) is -0.0497. The van der Waals surface area contributed by atoms with Crippen LogP contribution in [0.4, 0.5) is 0 Å². The molecule has 2 bridgehead atoms. The standard InChI is InChI=1S/C26H40N2O4S/c1-15-7-6-8-19-13-26(5,25(32)17(3)24(19)31)22(29)12-23(30)28-21(10-9-15)16(2)11-20-14-33-18(4)27-20/h9,11,17,19-22,24,29,31H,6-8,10,12-14H2,1-5H3,(H,28,30)/b15-9-,16-11+/t17-,19+,20?,21-,22-,24-,26+/m0/s1. The van der Waals surface area contributed by atoms with Gasteiger partial charge in [-0.15, -0.1) is 11.8 Å². The fourth-order valence-corrected chi connectivity index (χ4v) is 6.31. The summed E-state index contributed by atoms with van der Waals surface area (Å²) in [6.07, 6.45) is 6.16. The van der Waals surface area contributed by atoms with Crippen LogP contribution in [-0.2, 0) is 9.59 Å². The molecule has 1 aliphatic carbocycles. The lowest BCUT2D eigenvalue weighted by molar-refractivity contribution is -0.156. The molecule has 1 amide bonds. The fourth-order valence-electron chi connectivity index (χ4n) is 5.52. The average Bonchev–Trinajstić information content (AvgIpc) is 3.16. The fraction of sp³-hybridized carbons (Fsp3) is 0.731. The number of rotatable bonds is 2. The quantitative estimate of drug-likeness (QED) is 0.526. The first-order chi connectivity index (χ1) is 15.5. The van der Waals surface area contributed by atoms with Crippen LogP contribution in [-0.4, -0.2) is 57.0 Å². The van der Waals surface area contributed by atoms with E-state index in [-0.39, 0.29) is 36.1 Å². The third-order valence-electron chi connectivity index (χ3n) is 7.77. The monoisotopic (exact) mass is 476 g/mol. The van der Waals surface area contributed by atoms with Gasteiger partial charge in [-0.1, -0.05) is 37.1 Å². The van der Waals surface area contributed by atoms with Crippen molar-refractivity contribution < 1.29 is 19.8 Å². The molecule has 7 atom stereocenters. The molecule has 0 aromatic rings. The molecule has 3 aliphatic rings. The van der Waals surface area contributed by atoms with Crippen molar-refractivity contribution in [3.63, 3.8) is 0 Å². The predicted octanol–water partition coefficient (Wildman–Crippen LogP) is 3.81. The van der Waals surface area contributed by atoms with Gasteiger partial charge in [-0.25, -0.2) is 0 Å². The SMILES string of the molecule is CC1=NC(/C=C(\C)[C@@H]2C/C=C(/C)CCC[C@@H]3C[C@@](C)(C(=O)[C@@H](C)[C@@H]3O)[C@@H](O)CC(=O)N2)CS1. The highest BCUT2D eigenvalue weighted by atomic mass is 32.2. The first kappa shape index (κ1) is 26.2. The maximum Gasteiger partial charge on any atom is 0.223 e. The van der Waals surface area contributed by atoms with E-state index in [0.717, 1.165) is 35.6 Å². The summed E-state index contributed by atoms with van der Waals surface area (Å²) in [5.41, 5.74) is 1.31. The Morgan fingerprint density at radius 3 is 2.70 bits per heavy atom. The Kier molecular flexibility index (Phi) is 8.62. The summed E-state index contributed by atoms with van der Waals surface area (Å²) in [6.45, 7) is 9.67. The van der Waals surface area contributed by atoms with Gasteiger partial charge in [0.2, 0.25) is 5.91 Å². The van der Waals surface area contributed by atoms with Crippen molar-refractivity contribution in [1.29, 1.82) is 0 Å². The van der Waals surface area contributed by atoms with Gasteiger partial charge in [0.15, 0.2) is 0 Å². The second-order valence-electron chi connectivity index (χ2n) is 10.5. The number of carbonyl (C=O) groups is 2. The minimum atomic E-state index is -1.08. The number of fused-ring (bicyclic) bond motifs is 2. The van der Waals surface area contributed by atoms with Gasteiger partial charge >= 0.3 is 0 Å². The molecule has 1 unspecified atom stereocenters. The zero-order chi connectivity index (χ0) is 24.3. The van der Waals surface area contributed by atoms with Crippen molar-refractivity contribution in [2.75, 3.05) is 5.75 Å². The lowest BCUT2D eigenvalue weighted by atomic mass is 9.60. The molecular weight excluding hydrogens is 436 g/mol. The number of hydrogen-bond donors (Lipinski definition) is 3. The van der Waals surface area contributed by atoms with E-state index in [9.17, 15) is 19.8 Å². The van der Waals surface area contributed by atoms with Crippen LogP contribution >= 0.6 is 11.8 Å². The highest BCUT2D eigenvalue weighted by Crippen LogP contribution is 2.44. The van der Waals surface area contributed by atoms with Gasteiger partial charge in [-0.2, -0.15) is 0 Å². The van der Waals surface area contributed by atoms with Crippen LogP contribution in [0.1, 0.15) is 73.1 Å². The summed E-state index contributed by atoms with van der Waals surface area (Å²) >= 11 is 1.75. The Balaban J connectivity index is 1.85. The summed E-state index contributed by atoms with van der Waals surface area (Å²) in [5, 5.41) is 25.9. The second kappa shape index (κ2) is 10.9. The molecule has 0 aromatic heterocycles. The summed E-state index contributed by atoms with van der Waals surface area (Å²) in [7, 11) is 0. The van der Waals surface area contributed by atoms with Gasteiger partial charge < -0.3 is 15.5 Å². The number of allylic oxidation sites excluding steroid dienone is 1. The van der Waals surface area contributed by atoms with E-state index in [1.54, 1.807) is 25.6 Å². The largest absolute Gasteiger partial charge is 0.392 e. The Hall–Kier alpha value is -1.44. The maximum absolute atomic E-state index is 13.1. The highest BCUT2D eigenvalue weighted by Gasteiger charge is 2.51. The molecule has 2 heterocycles. The van der Waals surface area contributed by atoms with Crippen LogP contribution in [0.5, 0.6) is 0 Å². The molecule has 3 rings (SSSR count). The topological polar surface area (TPSA) is 99.0 Å². The molecule has 0 radical (unpaired) electrons. The normalized spacial score (nSPS) is 41.0. The van der Waals surface area contributed by atoms with Gasteiger partial charge in [0, 0.05) is 11.7 Å². The summed E-state index contributed by atoms with van der Waals surface area (Å²) < 4.78 is 0. The number of amides is 1. The first-order valence-electron chi connectivity index (χ1n) is 12.2. The predicted molar refractivity (Wildman–Crippen MR) is 134 cm³/mol. The molecule has 184 valence electrons. The number of thioether (sulfide) groups is 1. The minimum absolute atomic E-state index is 0.0534. The van der Waals surface area contributed by atoms with E-state index in [1.165, 1.54) is 5.57 Å². The van der Waals surface area contributed by atoms with Crippen LogP contribution < -0.4 is 5.32 Å². The van der Waals surface area contributed by atoms with Gasteiger partial charge in [0.05, 0.1) is 41.2 Å². The van der Waals surface area contributed by atoms with E-state index in [4.69, 9.17) is 0 Å². The first-order valence-corrected chi connectivity index (χ1v) is 13.2. The van der Waals surface area contributed by atoms with E-state index in [1.807, 2.05) is 13.8 Å². The molecule has 6 nitrogen and oxygen atoms in total. The molecule has 1 fully saturated rings. The maximum atomic E-state index is 13.1. The Morgan fingerprint density at radius 2 is 2.03 bits per heavy atom. The molecular formula is C26H40N2O4S. The van der Waals surface area contributed by atoms with E-state index in [2.05, 4.69) is 29.4 Å². The Labute approximate surface area is 202 Å². The van der Waals surface area contributed by atoms with Crippen LogP contribution in [0.3, 0.4) is 0 Å². The average molecular weight is 477 g/mol. The van der Waals surface area contributed by atoms with Crippen molar-refractivity contribution >= 4 is 28.5 Å². The van der Waals surface area contributed by atoms with Crippen molar-refractivity contribution in [3.05, 3.63) is 23.3 Å².